The van der Waals surface area contributed by atoms with E-state index in [9.17, 15) is 18.0 Å². The Morgan fingerprint density at radius 1 is 1.14 bits per heavy atom. The number of carbonyl (C=O) groups excluding carboxylic acids is 2. The molecule has 0 unspecified atom stereocenters. The highest BCUT2D eigenvalue weighted by molar-refractivity contribution is 7.92. The van der Waals surface area contributed by atoms with Crippen molar-refractivity contribution in [2.45, 2.75) is 20.3 Å². The van der Waals surface area contributed by atoms with E-state index in [1.54, 1.807) is 19.1 Å². The molecular weight excluding hydrogens is 416 g/mol. The zero-order chi connectivity index (χ0) is 21.6. The van der Waals surface area contributed by atoms with Crippen LogP contribution in [0.25, 0.3) is 0 Å². The molecule has 2 aromatic rings. The first-order chi connectivity index (χ1) is 13.7. The Labute approximate surface area is 175 Å². The molecule has 0 fully saturated rings. The van der Waals surface area contributed by atoms with E-state index in [1.165, 1.54) is 18.2 Å². The number of sulfonamides is 1. The summed E-state index contributed by atoms with van der Waals surface area (Å²) in [5.41, 5.74) is 1.79. The third-order valence-corrected chi connectivity index (χ3v) is 5.52. The minimum absolute atomic E-state index is 0.123. The summed E-state index contributed by atoms with van der Waals surface area (Å²) in [5.74, 6) is -1.10. The number of rotatable bonds is 8. The third kappa shape index (κ3) is 5.95. The van der Waals surface area contributed by atoms with Gasteiger partial charge in [0.15, 0.2) is 0 Å². The summed E-state index contributed by atoms with van der Waals surface area (Å²) in [6.45, 7) is 3.42. The topological polar surface area (TPSA) is 92.8 Å². The lowest BCUT2D eigenvalue weighted by molar-refractivity contribution is -0.114. The molecule has 2 aromatic carbocycles. The number of esters is 1. The minimum atomic E-state index is -3.69. The van der Waals surface area contributed by atoms with Gasteiger partial charge in [0.1, 0.15) is 6.54 Å². The number of anilines is 2. The van der Waals surface area contributed by atoms with E-state index in [2.05, 4.69) is 5.32 Å². The second-order valence-electron chi connectivity index (χ2n) is 6.22. The molecule has 0 radical (unpaired) electrons. The summed E-state index contributed by atoms with van der Waals surface area (Å²) in [7, 11) is -3.69. The van der Waals surface area contributed by atoms with E-state index in [4.69, 9.17) is 16.3 Å². The lowest BCUT2D eigenvalue weighted by atomic mass is 10.1. The number of benzene rings is 2. The maximum Gasteiger partial charge on any atom is 0.339 e. The van der Waals surface area contributed by atoms with Crippen LogP contribution < -0.4 is 9.62 Å². The monoisotopic (exact) mass is 438 g/mol. The molecule has 0 spiro atoms. The van der Waals surface area contributed by atoms with E-state index >= 15 is 0 Å². The van der Waals surface area contributed by atoms with Crippen LogP contribution >= 0.6 is 11.6 Å². The van der Waals surface area contributed by atoms with Gasteiger partial charge in [-0.25, -0.2) is 13.2 Å². The molecule has 0 atom stereocenters. The number of ether oxygens (including phenoxy) is 1. The van der Waals surface area contributed by atoms with Crippen LogP contribution in [-0.4, -0.2) is 39.7 Å². The van der Waals surface area contributed by atoms with Crippen molar-refractivity contribution in [3.8, 4) is 0 Å². The van der Waals surface area contributed by atoms with Crippen molar-refractivity contribution in [1.29, 1.82) is 0 Å². The van der Waals surface area contributed by atoms with Gasteiger partial charge in [0.25, 0.3) is 0 Å². The zero-order valence-electron chi connectivity index (χ0n) is 16.4. The van der Waals surface area contributed by atoms with Crippen molar-refractivity contribution in [2.24, 2.45) is 0 Å². The van der Waals surface area contributed by atoms with Crippen LogP contribution in [0.1, 0.15) is 29.8 Å². The summed E-state index contributed by atoms with van der Waals surface area (Å²) >= 11 is 6.10. The van der Waals surface area contributed by atoms with Gasteiger partial charge in [-0.1, -0.05) is 36.7 Å². The second kappa shape index (κ2) is 9.76. The summed E-state index contributed by atoms with van der Waals surface area (Å²) in [6.07, 6.45) is 1.67. The average molecular weight is 439 g/mol. The van der Waals surface area contributed by atoms with Crippen LogP contribution in [-0.2, 0) is 26.0 Å². The number of para-hydroxylation sites is 1. The fourth-order valence-electron chi connectivity index (χ4n) is 2.73. The smallest absolute Gasteiger partial charge is 0.339 e. The van der Waals surface area contributed by atoms with Gasteiger partial charge in [0, 0.05) is 5.69 Å². The van der Waals surface area contributed by atoms with Crippen molar-refractivity contribution in [3.05, 3.63) is 58.6 Å². The number of hydrogen-bond acceptors (Lipinski definition) is 5. The number of halogens is 1. The molecule has 29 heavy (non-hydrogen) atoms. The van der Waals surface area contributed by atoms with E-state index < -0.39 is 28.4 Å². The molecule has 156 valence electrons. The average Bonchev–Trinajstić information content (AvgIpc) is 2.65. The number of nitrogens with one attached hydrogen (secondary N) is 1. The fraction of sp³-hybridized carbons (Fsp3) is 0.300. The number of nitrogens with zero attached hydrogens (tertiary/aromatic N) is 1. The fourth-order valence-corrected chi connectivity index (χ4v) is 3.88. The first-order valence-electron chi connectivity index (χ1n) is 8.99. The van der Waals surface area contributed by atoms with Crippen LogP contribution in [0.3, 0.4) is 0 Å². The first-order valence-corrected chi connectivity index (χ1v) is 11.2. The molecule has 0 saturated carbocycles. The Balaban J connectivity index is 2.21. The maximum atomic E-state index is 12.5. The second-order valence-corrected chi connectivity index (χ2v) is 8.53. The number of aryl methyl sites for hydroxylation is 1. The lowest BCUT2D eigenvalue weighted by Gasteiger charge is -2.24. The van der Waals surface area contributed by atoms with E-state index in [1.807, 2.05) is 19.1 Å². The molecule has 0 saturated heterocycles. The van der Waals surface area contributed by atoms with E-state index in [0.29, 0.717) is 17.8 Å². The highest BCUT2D eigenvalue weighted by atomic mass is 35.5. The van der Waals surface area contributed by atoms with Crippen LogP contribution in [0.2, 0.25) is 5.02 Å². The molecular formula is C20H23ClN2O5S. The van der Waals surface area contributed by atoms with Gasteiger partial charge in [-0.2, -0.15) is 0 Å². The van der Waals surface area contributed by atoms with Crippen molar-refractivity contribution < 1.29 is 22.7 Å². The quantitative estimate of drug-likeness (QED) is 0.637. The predicted molar refractivity (Wildman–Crippen MR) is 114 cm³/mol. The van der Waals surface area contributed by atoms with Gasteiger partial charge in [0.2, 0.25) is 15.9 Å². The molecule has 1 N–H and O–H groups in total. The highest BCUT2D eigenvalue weighted by Crippen LogP contribution is 2.24. The Morgan fingerprint density at radius 2 is 1.83 bits per heavy atom. The Morgan fingerprint density at radius 3 is 2.41 bits per heavy atom. The van der Waals surface area contributed by atoms with E-state index in [0.717, 1.165) is 16.1 Å². The molecule has 0 bridgehead atoms. The number of hydrogen-bond donors (Lipinski definition) is 1. The van der Waals surface area contributed by atoms with Crippen LogP contribution in [0, 0.1) is 0 Å². The Hall–Kier alpha value is -2.58. The van der Waals surface area contributed by atoms with Crippen molar-refractivity contribution in [1.82, 2.24) is 0 Å². The molecule has 0 aliphatic heterocycles. The molecule has 2 rings (SSSR count). The van der Waals surface area contributed by atoms with Crippen LogP contribution in [0.15, 0.2) is 42.5 Å². The summed E-state index contributed by atoms with van der Waals surface area (Å²) in [6, 6.07) is 11.4. The molecule has 0 heterocycles. The van der Waals surface area contributed by atoms with Crippen LogP contribution in [0.5, 0.6) is 0 Å². The van der Waals surface area contributed by atoms with Gasteiger partial charge in [-0.05, 0) is 43.2 Å². The number of carbonyl (C=O) groups is 2. The lowest BCUT2D eigenvalue weighted by Crippen LogP contribution is -2.38. The van der Waals surface area contributed by atoms with Gasteiger partial charge in [0.05, 0.1) is 29.1 Å². The molecule has 0 aliphatic rings. The number of amides is 1. The normalized spacial score (nSPS) is 11.0. The summed E-state index contributed by atoms with van der Waals surface area (Å²) < 4.78 is 30.6. The zero-order valence-corrected chi connectivity index (χ0v) is 18.0. The summed E-state index contributed by atoms with van der Waals surface area (Å²) in [5, 5.41) is 2.73. The molecule has 0 aromatic heterocycles. The Kier molecular flexibility index (Phi) is 7.64. The van der Waals surface area contributed by atoms with Crippen LogP contribution in [0.4, 0.5) is 11.4 Å². The van der Waals surface area contributed by atoms with Crippen molar-refractivity contribution in [2.75, 3.05) is 29.0 Å². The van der Waals surface area contributed by atoms with E-state index in [-0.39, 0.29) is 17.2 Å². The van der Waals surface area contributed by atoms with Crippen molar-refractivity contribution in [3.63, 3.8) is 0 Å². The molecule has 7 nitrogen and oxygen atoms in total. The minimum Gasteiger partial charge on any atom is -0.462 e. The van der Waals surface area contributed by atoms with Crippen molar-refractivity contribution >= 4 is 44.9 Å². The summed E-state index contributed by atoms with van der Waals surface area (Å²) in [4.78, 5) is 24.3. The van der Waals surface area contributed by atoms with Gasteiger partial charge in [-0.15, -0.1) is 0 Å². The molecule has 0 aliphatic carbocycles. The van der Waals surface area contributed by atoms with Gasteiger partial charge in [-0.3, -0.25) is 9.10 Å². The third-order valence-electron chi connectivity index (χ3n) is 4.08. The first kappa shape index (κ1) is 22.7. The molecule has 9 heteroatoms. The largest absolute Gasteiger partial charge is 0.462 e. The van der Waals surface area contributed by atoms with Gasteiger partial charge >= 0.3 is 5.97 Å². The Bertz CT molecular complexity index is 1010. The standard InChI is InChI=1S/C20H23ClN2O5S/c1-4-14-8-6-7-9-18(14)23(29(3,26)27)13-19(24)22-15-10-11-16(17(21)12-15)20(25)28-5-2/h6-12H,4-5,13H2,1-3H3,(H,22,24). The SMILES string of the molecule is CCOC(=O)c1ccc(NC(=O)CN(c2ccccc2CC)S(C)(=O)=O)cc1Cl. The maximum absolute atomic E-state index is 12.5. The predicted octanol–water partition coefficient (Wildman–Crippen LogP) is 3.48. The molecule has 1 amide bonds. The van der Waals surface area contributed by atoms with Gasteiger partial charge < -0.3 is 10.1 Å². The highest BCUT2D eigenvalue weighted by Gasteiger charge is 2.23.